The molecule has 1 amide bonds. The third-order valence-corrected chi connectivity index (χ3v) is 4.57. The number of nitrogens with zero attached hydrogens (tertiary/aromatic N) is 4. The maximum atomic E-state index is 12.1. The molecule has 0 aromatic carbocycles. The summed E-state index contributed by atoms with van der Waals surface area (Å²) in [5, 5.41) is 17.5. The Kier molecular flexibility index (Phi) is 8.21. The minimum atomic E-state index is 0.198. The van der Waals surface area contributed by atoms with Crippen molar-refractivity contribution in [2.75, 3.05) is 26.7 Å². The lowest BCUT2D eigenvalue weighted by Crippen LogP contribution is -2.43. The van der Waals surface area contributed by atoms with Crippen LogP contribution in [-0.2, 0) is 17.8 Å². The highest BCUT2D eigenvalue weighted by Crippen LogP contribution is 2.23. The summed E-state index contributed by atoms with van der Waals surface area (Å²) in [5.41, 5.74) is 0. The normalized spacial score (nSPS) is 15.8. The van der Waals surface area contributed by atoms with E-state index < -0.39 is 0 Å². The summed E-state index contributed by atoms with van der Waals surface area (Å²) in [7, 11) is 1.74. The van der Waals surface area contributed by atoms with Crippen molar-refractivity contribution in [1.29, 1.82) is 0 Å². The van der Waals surface area contributed by atoms with Gasteiger partial charge in [0.1, 0.15) is 12.2 Å². The van der Waals surface area contributed by atoms with E-state index in [0.29, 0.717) is 13.1 Å². The van der Waals surface area contributed by atoms with Gasteiger partial charge in [0.15, 0.2) is 5.96 Å². The van der Waals surface area contributed by atoms with Crippen molar-refractivity contribution in [1.82, 2.24) is 30.7 Å². The average Bonchev–Trinajstić information content (AvgIpc) is 3.11. The molecule has 0 atom stereocenters. The minimum Gasteiger partial charge on any atom is -0.355 e. The van der Waals surface area contributed by atoms with Gasteiger partial charge in [0.05, 0.1) is 0 Å². The number of nitrogens with one attached hydrogen (secondary N) is 3. The number of amides is 1. The molecular weight excluding hydrogens is 318 g/mol. The zero-order chi connectivity index (χ0) is 17.9. The van der Waals surface area contributed by atoms with E-state index in [1.807, 2.05) is 4.57 Å². The first-order valence-corrected chi connectivity index (χ1v) is 9.33. The molecule has 25 heavy (non-hydrogen) atoms. The van der Waals surface area contributed by atoms with Crippen LogP contribution < -0.4 is 16.0 Å². The van der Waals surface area contributed by atoms with Crippen LogP contribution in [0.2, 0.25) is 0 Å². The number of aryl methyl sites for hydroxylation is 1. The van der Waals surface area contributed by atoms with Gasteiger partial charge in [-0.1, -0.05) is 26.2 Å². The molecule has 1 heterocycles. The highest BCUT2D eigenvalue weighted by molar-refractivity contribution is 5.80. The van der Waals surface area contributed by atoms with Crippen LogP contribution in [0.5, 0.6) is 0 Å². The van der Waals surface area contributed by atoms with Crippen molar-refractivity contribution in [2.45, 2.75) is 52.0 Å². The summed E-state index contributed by atoms with van der Waals surface area (Å²) in [5.74, 6) is 2.13. The number of guanidine groups is 1. The van der Waals surface area contributed by atoms with Gasteiger partial charge in [-0.05, 0) is 12.8 Å². The third kappa shape index (κ3) is 6.36. The van der Waals surface area contributed by atoms with Gasteiger partial charge in [0.25, 0.3) is 0 Å². The van der Waals surface area contributed by atoms with Crippen LogP contribution in [0.3, 0.4) is 0 Å². The van der Waals surface area contributed by atoms with Crippen molar-refractivity contribution in [3.63, 3.8) is 0 Å². The molecular formula is C17H31N7O. The number of carbonyl (C=O) groups excluding carboxylic acids is 1. The summed E-state index contributed by atoms with van der Waals surface area (Å²) in [6, 6.07) is 0. The van der Waals surface area contributed by atoms with Crippen molar-refractivity contribution < 1.29 is 4.79 Å². The number of aliphatic imine (C=N–C) groups is 1. The zero-order valence-electron chi connectivity index (χ0n) is 15.4. The van der Waals surface area contributed by atoms with Crippen molar-refractivity contribution in [3.8, 4) is 0 Å². The Labute approximate surface area is 149 Å². The van der Waals surface area contributed by atoms with Crippen LogP contribution in [0.15, 0.2) is 11.3 Å². The number of carbonyl (C=O) groups is 1. The molecule has 1 aliphatic carbocycles. The molecule has 8 heteroatoms. The quantitative estimate of drug-likeness (QED) is 0.365. The van der Waals surface area contributed by atoms with Gasteiger partial charge in [0.2, 0.25) is 5.91 Å². The van der Waals surface area contributed by atoms with E-state index in [9.17, 15) is 4.79 Å². The molecule has 0 radical (unpaired) electrons. The smallest absolute Gasteiger partial charge is 0.223 e. The first kappa shape index (κ1) is 19.2. The van der Waals surface area contributed by atoms with E-state index in [1.54, 1.807) is 13.4 Å². The summed E-state index contributed by atoms with van der Waals surface area (Å²) in [6.45, 7) is 4.86. The highest BCUT2D eigenvalue weighted by atomic mass is 16.1. The lowest BCUT2D eigenvalue weighted by Gasteiger charge is -2.21. The topological polar surface area (TPSA) is 96.2 Å². The number of hydrogen-bond acceptors (Lipinski definition) is 4. The predicted octanol–water partition coefficient (Wildman–Crippen LogP) is 0.702. The van der Waals surface area contributed by atoms with E-state index in [1.165, 1.54) is 19.3 Å². The highest BCUT2D eigenvalue weighted by Gasteiger charge is 2.20. The van der Waals surface area contributed by atoms with Crippen LogP contribution in [0, 0.1) is 5.92 Å². The van der Waals surface area contributed by atoms with Crippen LogP contribution in [0.25, 0.3) is 0 Å². The van der Waals surface area contributed by atoms with Gasteiger partial charge >= 0.3 is 0 Å². The van der Waals surface area contributed by atoms with E-state index in [0.717, 1.165) is 44.1 Å². The first-order chi connectivity index (χ1) is 12.2. The summed E-state index contributed by atoms with van der Waals surface area (Å²) in [6.07, 6.45) is 8.31. The summed E-state index contributed by atoms with van der Waals surface area (Å²) in [4.78, 5) is 16.3. The second-order valence-corrected chi connectivity index (χ2v) is 6.35. The first-order valence-electron chi connectivity index (χ1n) is 9.33. The Balaban J connectivity index is 1.59. The van der Waals surface area contributed by atoms with E-state index in [2.05, 4.69) is 38.1 Å². The van der Waals surface area contributed by atoms with Gasteiger partial charge in [-0.2, -0.15) is 0 Å². The largest absolute Gasteiger partial charge is 0.355 e. The Bertz CT molecular complexity index is 549. The van der Waals surface area contributed by atoms with E-state index >= 15 is 0 Å². The maximum Gasteiger partial charge on any atom is 0.223 e. The van der Waals surface area contributed by atoms with Crippen LogP contribution in [0.1, 0.15) is 44.9 Å². The fourth-order valence-corrected chi connectivity index (χ4v) is 3.13. The fraction of sp³-hybridized carbons (Fsp3) is 0.765. The molecule has 0 bridgehead atoms. The molecule has 3 N–H and O–H groups in total. The number of aromatic nitrogens is 3. The maximum absolute atomic E-state index is 12.1. The standard InChI is InChI=1S/C17H31N7O/c1-3-15-23-22-13-24(15)12-11-21-17(18-2)20-10-9-19-16(25)14-7-5-4-6-8-14/h13-14H,3-12H2,1-2H3,(H,19,25)(H2,18,20,21). The van der Waals surface area contributed by atoms with Crippen molar-refractivity contribution >= 4 is 11.9 Å². The second kappa shape index (κ2) is 10.7. The van der Waals surface area contributed by atoms with E-state index in [-0.39, 0.29) is 11.8 Å². The SMILES string of the molecule is CCc1nncn1CCNC(=NC)NCCNC(=O)C1CCCCC1. The van der Waals surface area contributed by atoms with Crippen LogP contribution >= 0.6 is 0 Å². The molecule has 8 nitrogen and oxygen atoms in total. The summed E-state index contributed by atoms with van der Waals surface area (Å²) >= 11 is 0. The molecule has 1 aromatic heterocycles. The average molecular weight is 349 g/mol. The van der Waals surface area contributed by atoms with Gasteiger partial charge in [-0.3, -0.25) is 9.79 Å². The van der Waals surface area contributed by atoms with Crippen LogP contribution in [0.4, 0.5) is 0 Å². The Morgan fingerprint density at radius 3 is 2.64 bits per heavy atom. The molecule has 140 valence electrons. The molecule has 2 rings (SSSR count). The molecule has 1 aliphatic rings. The minimum absolute atomic E-state index is 0.198. The van der Waals surface area contributed by atoms with Crippen molar-refractivity contribution in [3.05, 3.63) is 12.2 Å². The van der Waals surface area contributed by atoms with E-state index in [4.69, 9.17) is 0 Å². The molecule has 0 spiro atoms. The molecule has 0 aliphatic heterocycles. The number of hydrogen-bond donors (Lipinski definition) is 3. The van der Waals surface area contributed by atoms with Crippen LogP contribution in [-0.4, -0.2) is 53.3 Å². The lowest BCUT2D eigenvalue weighted by atomic mass is 9.89. The summed E-state index contributed by atoms with van der Waals surface area (Å²) < 4.78 is 2.03. The lowest BCUT2D eigenvalue weighted by molar-refractivity contribution is -0.125. The zero-order valence-corrected chi connectivity index (χ0v) is 15.4. The molecule has 1 saturated carbocycles. The van der Waals surface area contributed by atoms with Gasteiger partial charge in [0, 0.05) is 45.6 Å². The third-order valence-electron chi connectivity index (χ3n) is 4.57. The molecule has 0 unspecified atom stereocenters. The van der Waals surface area contributed by atoms with Crippen molar-refractivity contribution in [2.24, 2.45) is 10.9 Å². The Morgan fingerprint density at radius 1 is 1.20 bits per heavy atom. The monoisotopic (exact) mass is 349 g/mol. The molecule has 1 fully saturated rings. The second-order valence-electron chi connectivity index (χ2n) is 6.35. The molecule has 1 aromatic rings. The van der Waals surface area contributed by atoms with Gasteiger partial charge < -0.3 is 20.5 Å². The number of rotatable bonds is 8. The van der Waals surface area contributed by atoms with Gasteiger partial charge in [-0.25, -0.2) is 0 Å². The fourth-order valence-electron chi connectivity index (χ4n) is 3.13. The Morgan fingerprint density at radius 2 is 1.92 bits per heavy atom. The van der Waals surface area contributed by atoms with Gasteiger partial charge in [-0.15, -0.1) is 10.2 Å². The predicted molar refractivity (Wildman–Crippen MR) is 98.3 cm³/mol. The molecule has 0 saturated heterocycles. The Hall–Kier alpha value is -2.12.